The van der Waals surface area contributed by atoms with E-state index >= 15 is 0 Å². The Morgan fingerprint density at radius 3 is 2.77 bits per heavy atom. The number of rotatable bonds is 3. The van der Waals surface area contributed by atoms with Gasteiger partial charge in [-0.05, 0) is 65.1 Å². The smallest absolute Gasteiger partial charge is 0.210 e. The first-order valence-electron chi connectivity index (χ1n) is 7.82. The number of nitrogens with one attached hydrogen (secondary N) is 1. The molecule has 0 amide bonds. The van der Waals surface area contributed by atoms with Gasteiger partial charge < -0.3 is 5.32 Å². The molecule has 0 radical (unpaired) electrons. The molecule has 26 heavy (non-hydrogen) atoms. The Balaban J connectivity index is 1.86. The number of benzene rings is 1. The van der Waals surface area contributed by atoms with Crippen LogP contribution in [-0.4, -0.2) is 24.6 Å². The highest BCUT2D eigenvalue weighted by atomic mass is 79.9. The highest BCUT2D eigenvalue weighted by Gasteiger charge is 2.17. The number of anilines is 1. The monoisotopic (exact) mass is 450 g/mol. The molecule has 1 atom stereocenters. The number of fused-ring (bicyclic) bond motifs is 3. The Hall–Kier alpha value is -1.96. The van der Waals surface area contributed by atoms with Crippen LogP contribution in [0.3, 0.4) is 0 Å². The molecule has 1 N–H and O–H groups in total. The first kappa shape index (κ1) is 17.5. The van der Waals surface area contributed by atoms with Crippen molar-refractivity contribution in [3.63, 3.8) is 0 Å². The summed E-state index contributed by atoms with van der Waals surface area (Å²) in [6, 6.07) is 7.70. The van der Waals surface area contributed by atoms with Crippen molar-refractivity contribution in [2.45, 2.75) is 19.9 Å². The second-order valence-corrected chi connectivity index (χ2v) is 7.47. The van der Waals surface area contributed by atoms with Crippen LogP contribution in [-0.2, 0) is 0 Å². The van der Waals surface area contributed by atoms with Gasteiger partial charge in [-0.25, -0.2) is 9.97 Å². The van der Waals surface area contributed by atoms with Crippen molar-refractivity contribution in [1.82, 2.24) is 24.6 Å². The maximum Gasteiger partial charge on any atom is 0.210 e. The Morgan fingerprint density at radius 2 is 2.00 bits per heavy atom. The summed E-state index contributed by atoms with van der Waals surface area (Å²) in [7, 11) is 0. The molecule has 3 aromatic heterocycles. The van der Waals surface area contributed by atoms with Gasteiger partial charge in [0, 0.05) is 10.9 Å². The molecule has 0 aliphatic carbocycles. The summed E-state index contributed by atoms with van der Waals surface area (Å²) in [4.78, 5) is 8.79. The minimum absolute atomic E-state index is 0.0504. The van der Waals surface area contributed by atoms with E-state index in [0.717, 1.165) is 27.7 Å². The molecule has 9 heteroatoms. The lowest BCUT2D eigenvalue weighted by Crippen LogP contribution is -2.10. The quantitative estimate of drug-likeness (QED) is 0.341. The SMILES string of the molecule is Cc1cc(C(C)Nc2ccc(Cl)nc2Br)c2nc(Cl)n3cnnc3c2c1. The minimum Gasteiger partial charge on any atom is -0.376 e. The van der Waals surface area contributed by atoms with Crippen LogP contribution in [0.4, 0.5) is 5.69 Å². The zero-order chi connectivity index (χ0) is 18.4. The summed E-state index contributed by atoms with van der Waals surface area (Å²) >= 11 is 15.7. The molecule has 0 aliphatic heterocycles. The van der Waals surface area contributed by atoms with E-state index in [1.54, 1.807) is 16.8 Å². The Morgan fingerprint density at radius 1 is 1.19 bits per heavy atom. The molecule has 3 heterocycles. The largest absolute Gasteiger partial charge is 0.376 e. The summed E-state index contributed by atoms with van der Waals surface area (Å²) in [6.07, 6.45) is 1.56. The van der Waals surface area contributed by atoms with Gasteiger partial charge in [0.2, 0.25) is 5.28 Å². The van der Waals surface area contributed by atoms with Crippen LogP contribution in [0.15, 0.2) is 35.2 Å². The van der Waals surface area contributed by atoms with Crippen molar-refractivity contribution < 1.29 is 0 Å². The van der Waals surface area contributed by atoms with Gasteiger partial charge in [0.15, 0.2) is 5.65 Å². The second kappa shape index (κ2) is 6.64. The number of aromatic nitrogens is 5. The van der Waals surface area contributed by atoms with Gasteiger partial charge in [0.05, 0.1) is 17.2 Å². The van der Waals surface area contributed by atoms with Gasteiger partial charge in [-0.2, -0.15) is 0 Å². The van der Waals surface area contributed by atoms with E-state index in [1.807, 2.05) is 19.1 Å². The Labute approximate surface area is 167 Å². The lowest BCUT2D eigenvalue weighted by atomic mass is 10.0. The summed E-state index contributed by atoms with van der Waals surface area (Å²) in [5.41, 5.74) is 4.43. The molecule has 1 unspecified atom stereocenters. The van der Waals surface area contributed by atoms with Gasteiger partial charge in [-0.3, -0.25) is 4.40 Å². The first-order chi connectivity index (χ1) is 12.4. The fraction of sp³-hybridized carbons (Fsp3) is 0.176. The van der Waals surface area contributed by atoms with Crippen molar-refractivity contribution in [2.75, 3.05) is 5.32 Å². The lowest BCUT2D eigenvalue weighted by Gasteiger charge is -2.19. The predicted molar refractivity (Wildman–Crippen MR) is 107 cm³/mol. The fourth-order valence-electron chi connectivity index (χ4n) is 2.96. The molecule has 0 saturated heterocycles. The fourth-order valence-corrected chi connectivity index (χ4v) is 3.86. The van der Waals surface area contributed by atoms with Crippen LogP contribution in [0.25, 0.3) is 16.6 Å². The van der Waals surface area contributed by atoms with Crippen molar-refractivity contribution in [1.29, 1.82) is 0 Å². The Kier molecular flexibility index (Phi) is 4.46. The topological polar surface area (TPSA) is 68.0 Å². The van der Waals surface area contributed by atoms with Crippen LogP contribution in [0.2, 0.25) is 10.4 Å². The predicted octanol–water partition coefficient (Wildman–Crippen LogP) is 5.22. The maximum atomic E-state index is 6.32. The second-order valence-electron chi connectivity index (χ2n) is 5.99. The van der Waals surface area contributed by atoms with Gasteiger partial charge >= 0.3 is 0 Å². The molecule has 0 spiro atoms. The number of nitrogens with zero attached hydrogens (tertiary/aromatic N) is 5. The van der Waals surface area contributed by atoms with Crippen molar-refractivity contribution in [3.8, 4) is 0 Å². The normalized spacial score (nSPS) is 12.7. The lowest BCUT2D eigenvalue weighted by molar-refractivity contribution is 0.883. The first-order valence-corrected chi connectivity index (χ1v) is 9.37. The molecule has 6 nitrogen and oxygen atoms in total. The zero-order valence-corrected chi connectivity index (χ0v) is 16.9. The van der Waals surface area contributed by atoms with E-state index in [1.165, 1.54) is 0 Å². The number of aryl methyl sites for hydroxylation is 1. The van der Waals surface area contributed by atoms with Crippen LogP contribution in [0.5, 0.6) is 0 Å². The van der Waals surface area contributed by atoms with E-state index in [-0.39, 0.29) is 6.04 Å². The molecule has 132 valence electrons. The van der Waals surface area contributed by atoms with Gasteiger partial charge in [-0.1, -0.05) is 17.7 Å². The van der Waals surface area contributed by atoms with Crippen LogP contribution in [0, 0.1) is 6.92 Å². The summed E-state index contributed by atoms with van der Waals surface area (Å²) in [5, 5.41) is 13.2. The Bertz CT molecular complexity index is 1140. The van der Waals surface area contributed by atoms with Gasteiger partial charge in [0.25, 0.3) is 0 Å². The van der Waals surface area contributed by atoms with E-state index < -0.39 is 0 Å². The average Bonchev–Trinajstić information content (AvgIpc) is 3.08. The molecule has 4 rings (SSSR count). The van der Waals surface area contributed by atoms with E-state index in [4.69, 9.17) is 23.2 Å². The third-order valence-electron chi connectivity index (χ3n) is 4.13. The third-order valence-corrected chi connectivity index (χ3v) is 5.21. The molecule has 0 bridgehead atoms. The summed E-state index contributed by atoms with van der Waals surface area (Å²) in [6.45, 7) is 4.09. The van der Waals surface area contributed by atoms with Crippen molar-refractivity contribution >= 4 is 61.4 Å². The molecule has 1 aromatic carbocycles. The number of pyridine rings is 1. The van der Waals surface area contributed by atoms with Gasteiger partial charge in [0.1, 0.15) is 16.1 Å². The average molecular weight is 452 g/mol. The summed E-state index contributed by atoms with van der Waals surface area (Å²) in [5.74, 6) is 0. The van der Waals surface area contributed by atoms with Crippen molar-refractivity contribution in [3.05, 3.63) is 56.8 Å². The summed E-state index contributed by atoms with van der Waals surface area (Å²) < 4.78 is 2.32. The molecule has 4 aromatic rings. The molecule has 0 aliphatic rings. The van der Waals surface area contributed by atoms with Crippen LogP contribution >= 0.6 is 39.1 Å². The molecule has 0 saturated carbocycles. The number of hydrogen-bond acceptors (Lipinski definition) is 5. The minimum atomic E-state index is -0.0504. The van der Waals surface area contributed by atoms with Crippen molar-refractivity contribution in [2.24, 2.45) is 0 Å². The van der Waals surface area contributed by atoms with Gasteiger partial charge in [-0.15, -0.1) is 10.2 Å². The highest BCUT2D eigenvalue weighted by molar-refractivity contribution is 9.10. The molecule has 0 fully saturated rings. The maximum absolute atomic E-state index is 6.32. The van der Waals surface area contributed by atoms with Crippen LogP contribution in [0.1, 0.15) is 24.1 Å². The number of halogens is 3. The van der Waals surface area contributed by atoms with Crippen LogP contribution < -0.4 is 5.32 Å². The standard InChI is InChI=1S/C17H13BrCl2N6/c1-8-5-10(9(2)22-12-3-4-13(19)23-15(12)18)14-11(6-8)16-25-21-7-26(16)17(20)24-14/h3-7,9,22H,1-2H3. The van der Waals surface area contributed by atoms with E-state index in [0.29, 0.717) is 20.7 Å². The highest BCUT2D eigenvalue weighted by Crippen LogP contribution is 2.32. The van der Waals surface area contributed by atoms with E-state index in [2.05, 4.69) is 54.4 Å². The molecular weight excluding hydrogens is 439 g/mol. The zero-order valence-electron chi connectivity index (χ0n) is 13.8. The number of hydrogen-bond donors (Lipinski definition) is 1. The van der Waals surface area contributed by atoms with E-state index in [9.17, 15) is 0 Å². The molecular formula is C17H13BrCl2N6. The third kappa shape index (κ3) is 3.00.